The van der Waals surface area contributed by atoms with E-state index in [1.807, 2.05) is 6.07 Å². The first-order valence-electron chi connectivity index (χ1n) is 3.14. The molecule has 0 aromatic carbocycles. The summed E-state index contributed by atoms with van der Waals surface area (Å²) in [6, 6.07) is 3.73. The number of hydrogen-bond donors (Lipinski definition) is 0. The summed E-state index contributed by atoms with van der Waals surface area (Å²) in [5.74, 6) is 0.740. The van der Waals surface area contributed by atoms with Crippen LogP contribution in [-0.2, 0) is 6.42 Å². The van der Waals surface area contributed by atoms with Crippen molar-refractivity contribution >= 4 is 38.0 Å². The molecule has 0 unspecified atom stereocenters. The average Bonchev–Trinajstić information content (AvgIpc) is 2.27. The first-order chi connectivity index (χ1) is 5.25. The van der Waals surface area contributed by atoms with Crippen LogP contribution < -0.4 is 0 Å². The quantitative estimate of drug-likeness (QED) is 0.630. The van der Waals surface area contributed by atoms with Crippen LogP contribution in [0.25, 0.3) is 0 Å². The van der Waals surface area contributed by atoms with Gasteiger partial charge in [0.1, 0.15) is 5.15 Å². The minimum Gasteiger partial charge on any atom is -0.226 e. The highest BCUT2D eigenvalue weighted by Gasteiger charge is 2.13. The van der Waals surface area contributed by atoms with Crippen molar-refractivity contribution in [3.8, 4) is 0 Å². The SMILES string of the molecule is Clc1ccc2c(n1)N=C(Br)C2. The summed E-state index contributed by atoms with van der Waals surface area (Å²) in [5.41, 5.74) is 1.13. The van der Waals surface area contributed by atoms with E-state index in [1.165, 1.54) is 0 Å². The van der Waals surface area contributed by atoms with Crippen molar-refractivity contribution in [2.45, 2.75) is 6.42 Å². The van der Waals surface area contributed by atoms with Crippen molar-refractivity contribution in [3.63, 3.8) is 0 Å². The van der Waals surface area contributed by atoms with E-state index in [-0.39, 0.29) is 0 Å². The van der Waals surface area contributed by atoms with Crippen LogP contribution in [0.1, 0.15) is 5.56 Å². The molecule has 0 aliphatic carbocycles. The Labute approximate surface area is 77.4 Å². The second-order valence-electron chi connectivity index (χ2n) is 2.28. The van der Waals surface area contributed by atoms with Gasteiger partial charge in [0.15, 0.2) is 5.82 Å². The molecule has 1 aliphatic heterocycles. The van der Waals surface area contributed by atoms with Gasteiger partial charge in [-0.1, -0.05) is 17.7 Å². The van der Waals surface area contributed by atoms with Crippen LogP contribution in [0, 0.1) is 0 Å². The van der Waals surface area contributed by atoms with Gasteiger partial charge in [-0.25, -0.2) is 9.98 Å². The molecule has 2 rings (SSSR count). The van der Waals surface area contributed by atoms with Gasteiger partial charge in [0, 0.05) is 12.0 Å². The zero-order valence-electron chi connectivity index (χ0n) is 5.51. The summed E-state index contributed by atoms with van der Waals surface area (Å²) in [6.45, 7) is 0. The molecular formula is C7H4BrClN2. The zero-order valence-corrected chi connectivity index (χ0v) is 7.85. The van der Waals surface area contributed by atoms with Crippen LogP contribution in [0.15, 0.2) is 17.1 Å². The Morgan fingerprint density at radius 2 is 2.27 bits per heavy atom. The third-order valence-electron chi connectivity index (χ3n) is 1.49. The zero-order chi connectivity index (χ0) is 7.84. The van der Waals surface area contributed by atoms with Crippen molar-refractivity contribution in [1.82, 2.24) is 4.98 Å². The lowest BCUT2D eigenvalue weighted by atomic mass is 10.2. The topological polar surface area (TPSA) is 25.2 Å². The van der Waals surface area contributed by atoms with Crippen LogP contribution in [0.4, 0.5) is 5.82 Å². The average molecular weight is 231 g/mol. The molecule has 0 atom stereocenters. The van der Waals surface area contributed by atoms with Gasteiger partial charge in [-0.3, -0.25) is 0 Å². The van der Waals surface area contributed by atoms with Gasteiger partial charge < -0.3 is 0 Å². The van der Waals surface area contributed by atoms with Crippen LogP contribution in [0.5, 0.6) is 0 Å². The van der Waals surface area contributed by atoms with Crippen molar-refractivity contribution < 1.29 is 0 Å². The number of rotatable bonds is 0. The molecule has 1 aromatic heterocycles. The molecule has 0 fully saturated rings. The summed E-state index contributed by atoms with van der Waals surface area (Å²) in [7, 11) is 0. The maximum absolute atomic E-state index is 5.68. The Morgan fingerprint density at radius 3 is 3.09 bits per heavy atom. The van der Waals surface area contributed by atoms with Gasteiger partial charge in [-0.2, -0.15) is 0 Å². The smallest absolute Gasteiger partial charge is 0.158 e. The standard InChI is InChI=1S/C7H4BrClN2/c8-5-3-4-1-2-6(9)11-7(4)10-5/h1-2H,3H2. The summed E-state index contributed by atoms with van der Waals surface area (Å²) < 4.78 is 0.919. The molecule has 11 heavy (non-hydrogen) atoms. The molecule has 0 bridgehead atoms. The van der Waals surface area contributed by atoms with Crippen LogP contribution in [-0.4, -0.2) is 9.60 Å². The summed E-state index contributed by atoms with van der Waals surface area (Å²) in [6.07, 6.45) is 0.833. The fraction of sp³-hybridized carbons (Fsp3) is 0.143. The molecule has 0 spiro atoms. The first kappa shape index (κ1) is 7.25. The Balaban J connectivity index is 2.54. The molecule has 0 amide bonds. The summed E-state index contributed by atoms with van der Waals surface area (Å²) in [4.78, 5) is 8.20. The normalized spacial score (nSPS) is 14.5. The van der Waals surface area contributed by atoms with E-state index in [9.17, 15) is 0 Å². The molecule has 0 saturated heterocycles. The van der Waals surface area contributed by atoms with Gasteiger partial charge in [-0.05, 0) is 22.0 Å². The van der Waals surface area contributed by atoms with Gasteiger partial charge in [0.25, 0.3) is 0 Å². The van der Waals surface area contributed by atoms with Gasteiger partial charge >= 0.3 is 0 Å². The maximum Gasteiger partial charge on any atom is 0.158 e. The van der Waals surface area contributed by atoms with E-state index < -0.39 is 0 Å². The van der Waals surface area contributed by atoms with Crippen LogP contribution >= 0.6 is 27.5 Å². The first-order valence-corrected chi connectivity index (χ1v) is 4.31. The highest BCUT2D eigenvalue weighted by molar-refractivity contribution is 9.18. The molecule has 2 nitrogen and oxygen atoms in total. The molecule has 0 radical (unpaired) electrons. The van der Waals surface area contributed by atoms with Gasteiger partial charge in [0.2, 0.25) is 0 Å². The van der Waals surface area contributed by atoms with Crippen molar-refractivity contribution in [2.24, 2.45) is 4.99 Å². The van der Waals surface area contributed by atoms with Gasteiger partial charge in [-0.15, -0.1) is 0 Å². The monoisotopic (exact) mass is 230 g/mol. The number of aliphatic imine (C=N–C) groups is 1. The maximum atomic E-state index is 5.68. The molecule has 2 heterocycles. The fourth-order valence-electron chi connectivity index (χ4n) is 1.00. The molecule has 1 aromatic rings. The number of halogens is 2. The molecule has 1 aliphatic rings. The van der Waals surface area contributed by atoms with E-state index in [0.717, 1.165) is 22.4 Å². The number of nitrogens with zero attached hydrogens (tertiary/aromatic N) is 2. The molecule has 4 heteroatoms. The minimum atomic E-state index is 0.495. The lowest BCUT2D eigenvalue weighted by Crippen LogP contribution is -1.84. The number of aromatic nitrogens is 1. The largest absolute Gasteiger partial charge is 0.226 e. The van der Waals surface area contributed by atoms with Crippen molar-refractivity contribution in [1.29, 1.82) is 0 Å². The number of hydrogen-bond acceptors (Lipinski definition) is 2. The lowest BCUT2D eigenvalue weighted by Gasteiger charge is -1.93. The summed E-state index contributed by atoms with van der Waals surface area (Å²) >= 11 is 8.99. The lowest BCUT2D eigenvalue weighted by molar-refractivity contribution is 1.25. The Hall–Kier alpha value is -0.410. The van der Waals surface area contributed by atoms with Crippen molar-refractivity contribution in [2.75, 3.05) is 0 Å². The van der Waals surface area contributed by atoms with Crippen molar-refractivity contribution in [3.05, 3.63) is 22.8 Å². The molecule has 56 valence electrons. The molecule has 0 N–H and O–H groups in total. The second kappa shape index (κ2) is 2.57. The van der Waals surface area contributed by atoms with E-state index in [2.05, 4.69) is 25.9 Å². The molecular weight excluding hydrogens is 227 g/mol. The van der Waals surface area contributed by atoms with E-state index in [1.54, 1.807) is 6.07 Å². The molecule has 0 saturated carbocycles. The van der Waals surface area contributed by atoms with Crippen LogP contribution in [0.2, 0.25) is 5.15 Å². The predicted octanol–water partition coefficient (Wildman–Crippen LogP) is 2.72. The fourth-order valence-corrected chi connectivity index (χ4v) is 1.61. The predicted molar refractivity (Wildman–Crippen MR) is 49.0 cm³/mol. The minimum absolute atomic E-state index is 0.495. The third kappa shape index (κ3) is 1.30. The highest BCUT2D eigenvalue weighted by Crippen LogP contribution is 2.27. The van der Waals surface area contributed by atoms with E-state index >= 15 is 0 Å². The second-order valence-corrected chi connectivity index (χ2v) is 3.58. The van der Waals surface area contributed by atoms with Crippen LogP contribution in [0.3, 0.4) is 0 Å². The highest BCUT2D eigenvalue weighted by atomic mass is 79.9. The number of fused-ring (bicyclic) bond motifs is 1. The Morgan fingerprint density at radius 1 is 1.45 bits per heavy atom. The third-order valence-corrected chi connectivity index (χ3v) is 2.15. The number of pyridine rings is 1. The summed E-state index contributed by atoms with van der Waals surface area (Å²) in [5, 5.41) is 0.495. The van der Waals surface area contributed by atoms with E-state index in [4.69, 9.17) is 11.6 Å². The Bertz CT molecular complexity index is 335. The van der Waals surface area contributed by atoms with Gasteiger partial charge in [0.05, 0.1) is 4.62 Å². The Kier molecular flexibility index (Phi) is 1.69. The van der Waals surface area contributed by atoms with E-state index in [0.29, 0.717) is 5.15 Å².